The summed E-state index contributed by atoms with van der Waals surface area (Å²) in [7, 11) is 1.72. The van der Waals surface area contributed by atoms with E-state index in [1.165, 1.54) is 12.0 Å². The molecule has 0 saturated carbocycles. The van der Waals surface area contributed by atoms with E-state index in [1.807, 2.05) is 16.8 Å². The van der Waals surface area contributed by atoms with Crippen molar-refractivity contribution >= 4 is 0 Å². The summed E-state index contributed by atoms with van der Waals surface area (Å²) >= 11 is 0. The lowest BCUT2D eigenvalue weighted by atomic mass is 9.92. The van der Waals surface area contributed by atoms with Gasteiger partial charge in [-0.3, -0.25) is 0 Å². The maximum Gasteiger partial charge on any atom is 0.156 e. The Morgan fingerprint density at radius 1 is 1.20 bits per heavy atom. The Labute approximate surface area is 177 Å². The van der Waals surface area contributed by atoms with Crippen molar-refractivity contribution in [1.29, 1.82) is 0 Å². The van der Waals surface area contributed by atoms with Gasteiger partial charge in [0.25, 0.3) is 0 Å². The van der Waals surface area contributed by atoms with Gasteiger partial charge in [-0.15, -0.1) is 5.10 Å². The second-order valence-electron chi connectivity index (χ2n) is 7.73. The van der Waals surface area contributed by atoms with E-state index in [2.05, 4.69) is 69.5 Å². The zero-order valence-electron chi connectivity index (χ0n) is 17.7. The minimum absolute atomic E-state index is 0.310. The fourth-order valence-corrected chi connectivity index (χ4v) is 4.18. The molecule has 1 saturated heterocycles. The molecule has 2 heterocycles. The minimum Gasteiger partial charge on any atom is -0.496 e. The van der Waals surface area contributed by atoms with Gasteiger partial charge in [0, 0.05) is 30.6 Å². The number of tetrazole rings is 1. The van der Waals surface area contributed by atoms with Crippen LogP contribution in [0.3, 0.4) is 0 Å². The first-order valence-corrected chi connectivity index (χ1v) is 10.8. The summed E-state index contributed by atoms with van der Waals surface area (Å²) in [5.41, 5.74) is 3.39. The van der Waals surface area contributed by atoms with Gasteiger partial charge in [-0.2, -0.15) is 4.68 Å². The number of aryl methyl sites for hydroxylation is 1. The van der Waals surface area contributed by atoms with Crippen LogP contribution in [0.2, 0.25) is 0 Å². The van der Waals surface area contributed by atoms with E-state index < -0.39 is 0 Å². The summed E-state index contributed by atoms with van der Waals surface area (Å²) in [6, 6.07) is 17.5. The Hall–Kier alpha value is -2.77. The summed E-state index contributed by atoms with van der Waals surface area (Å²) < 4.78 is 7.45. The molecular weight excluding hydrogens is 376 g/mol. The fourth-order valence-electron chi connectivity index (χ4n) is 4.18. The Bertz CT molecular complexity index is 942. The van der Waals surface area contributed by atoms with Crippen LogP contribution in [0.1, 0.15) is 49.2 Å². The largest absolute Gasteiger partial charge is 0.496 e. The van der Waals surface area contributed by atoms with Gasteiger partial charge in [0.2, 0.25) is 0 Å². The van der Waals surface area contributed by atoms with E-state index in [0.29, 0.717) is 12.1 Å². The molecule has 7 heteroatoms. The molecule has 1 fully saturated rings. The summed E-state index contributed by atoms with van der Waals surface area (Å²) in [5.74, 6) is 1.75. The van der Waals surface area contributed by atoms with E-state index in [-0.39, 0.29) is 0 Å². The summed E-state index contributed by atoms with van der Waals surface area (Å²) in [6.45, 7) is 3.90. The number of aromatic nitrogens is 4. The van der Waals surface area contributed by atoms with Gasteiger partial charge < -0.3 is 15.4 Å². The number of hydrogen-bond acceptors (Lipinski definition) is 6. The molecule has 2 atom stereocenters. The van der Waals surface area contributed by atoms with Crippen LogP contribution in [0.5, 0.6) is 5.75 Å². The zero-order valence-corrected chi connectivity index (χ0v) is 17.7. The van der Waals surface area contributed by atoms with Crippen LogP contribution in [-0.4, -0.2) is 39.9 Å². The van der Waals surface area contributed by atoms with Crippen LogP contribution in [0.15, 0.2) is 48.5 Å². The number of rotatable bonds is 8. The van der Waals surface area contributed by atoms with E-state index in [1.54, 1.807) is 7.11 Å². The second-order valence-corrected chi connectivity index (χ2v) is 7.73. The molecule has 0 unspecified atom stereocenters. The van der Waals surface area contributed by atoms with Crippen molar-refractivity contribution in [3.05, 3.63) is 65.5 Å². The van der Waals surface area contributed by atoms with Gasteiger partial charge in [-0.1, -0.05) is 37.3 Å². The van der Waals surface area contributed by atoms with E-state index >= 15 is 0 Å². The van der Waals surface area contributed by atoms with Crippen molar-refractivity contribution in [2.45, 2.75) is 51.2 Å². The molecule has 0 aliphatic carbocycles. The summed E-state index contributed by atoms with van der Waals surface area (Å²) in [6.07, 6.45) is 4.16. The molecule has 3 aromatic rings. The number of nitrogens with one attached hydrogen (secondary N) is 2. The molecule has 7 nitrogen and oxygen atoms in total. The van der Waals surface area contributed by atoms with Crippen molar-refractivity contribution in [1.82, 2.24) is 30.8 Å². The maximum atomic E-state index is 5.63. The molecule has 1 aromatic heterocycles. The number of ether oxygens (including phenoxy) is 1. The average Bonchev–Trinajstić information content (AvgIpc) is 3.27. The highest BCUT2D eigenvalue weighted by molar-refractivity contribution is 5.44. The van der Waals surface area contributed by atoms with Gasteiger partial charge in [0.1, 0.15) is 5.75 Å². The maximum absolute atomic E-state index is 5.63. The monoisotopic (exact) mass is 406 g/mol. The molecule has 1 aliphatic heterocycles. The van der Waals surface area contributed by atoms with E-state index in [0.717, 1.165) is 55.2 Å². The number of methoxy groups -OCH3 is 1. The van der Waals surface area contributed by atoms with Crippen molar-refractivity contribution in [3.8, 4) is 11.4 Å². The molecule has 2 N–H and O–H groups in total. The third-order valence-electron chi connectivity index (χ3n) is 5.69. The highest BCUT2D eigenvalue weighted by atomic mass is 16.5. The molecule has 0 spiro atoms. The van der Waals surface area contributed by atoms with E-state index in [4.69, 9.17) is 4.74 Å². The van der Waals surface area contributed by atoms with Crippen LogP contribution >= 0.6 is 0 Å². The Balaban J connectivity index is 1.54. The Morgan fingerprint density at radius 3 is 2.87 bits per heavy atom. The van der Waals surface area contributed by atoms with Crippen molar-refractivity contribution < 1.29 is 4.74 Å². The van der Waals surface area contributed by atoms with Crippen molar-refractivity contribution in [2.24, 2.45) is 0 Å². The Morgan fingerprint density at radius 2 is 2.07 bits per heavy atom. The smallest absolute Gasteiger partial charge is 0.156 e. The first-order chi connectivity index (χ1) is 14.8. The number of benzene rings is 2. The summed E-state index contributed by atoms with van der Waals surface area (Å²) in [4.78, 5) is 0. The molecule has 4 rings (SSSR count). The predicted octanol–water partition coefficient (Wildman–Crippen LogP) is 3.21. The second kappa shape index (κ2) is 9.82. The molecule has 0 bridgehead atoms. The lowest BCUT2D eigenvalue weighted by Gasteiger charge is -2.34. The van der Waals surface area contributed by atoms with Crippen LogP contribution in [0.25, 0.3) is 5.69 Å². The van der Waals surface area contributed by atoms with Gasteiger partial charge in [0.05, 0.1) is 12.8 Å². The molecule has 0 radical (unpaired) electrons. The molecule has 158 valence electrons. The molecule has 2 aromatic carbocycles. The highest BCUT2D eigenvalue weighted by Gasteiger charge is 2.25. The van der Waals surface area contributed by atoms with Gasteiger partial charge >= 0.3 is 0 Å². The molecule has 0 amide bonds. The van der Waals surface area contributed by atoms with Crippen LogP contribution < -0.4 is 15.4 Å². The normalized spacial score (nSPS) is 19.0. The minimum atomic E-state index is 0.310. The van der Waals surface area contributed by atoms with Gasteiger partial charge in [-0.25, -0.2) is 0 Å². The van der Waals surface area contributed by atoms with Gasteiger partial charge in [-0.05, 0) is 60.0 Å². The first-order valence-electron chi connectivity index (χ1n) is 10.8. The van der Waals surface area contributed by atoms with Crippen molar-refractivity contribution in [2.75, 3.05) is 13.7 Å². The van der Waals surface area contributed by atoms with Crippen LogP contribution in [0, 0.1) is 0 Å². The number of piperidine rings is 1. The topological polar surface area (TPSA) is 76.9 Å². The molecule has 30 heavy (non-hydrogen) atoms. The SMILES string of the molecule is CCCc1nnnn1-c1ccc(OC)c(CN[C@@H]2CCCN[C@@H]2c2ccccc2)c1. The van der Waals surface area contributed by atoms with Crippen LogP contribution in [-0.2, 0) is 13.0 Å². The lowest BCUT2D eigenvalue weighted by molar-refractivity contribution is 0.303. The fraction of sp³-hybridized carbons (Fsp3) is 0.435. The average molecular weight is 407 g/mol. The molecule has 1 aliphatic rings. The standard InChI is InChI=1S/C23H30N6O/c1-3-8-22-26-27-28-29(22)19-12-13-21(30-2)18(15-19)16-25-20-11-7-14-24-23(20)17-9-5-4-6-10-17/h4-6,9-10,12-13,15,20,23-25H,3,7-8,11,14,16H2,1-2H3/t20-,23-/m1/s1. The molecular formula is C23H30N6O. The van der Waals surface area contributed by atoms with E-state index in [9.17, 15) is 0 Å². The summed E-state index contributed by atoms with van der Waals surface area (Å²) in [5, 5.41) is 19.7. The van der Waals surface area contributed by atoms with Crippen molar-refractivity contribution in [3.63, 3.8) is 0 Å². The van der Waals surface area contributed by atoms with Gasteiger partial charge in [0.15, 0.2) is 5.82 Å². The quantitative estimate of drug-likeness (QED) is 0.598. The first kappa shape index (κ1) is 20.5. The lowest BCUT2D eigenvalue weighted by Crippen LogP contribution is -2.45. The zero-order chi connectivity index (χ0) is 20.8. The number of nitrogens with zero attached hydrogens (tertiary/aromatic N) is 4. The number of hydrogen-bond donors (Lipinski definition) is 2. The third kappa shape index (κ3) is 4.52. The Kier molecular flexibility index (Phi) is 6.71. The third-order valence-corrected chi connectivity index (χ3v) is 5.69. The predicted molar refractivity (Wildman–Crippen MR) is 117 cm³/mol. The highest BCUT2D eigenvalue weighted by Crippen LogP contribution is 2.26. The van der Waals surface area contributed by atoms with Crippen LogP contribution in [0.4, 0.5) is 0 Å².